The van der Waals surface area contributed by atoms with Crippen LogP contribution in [0, 0.1) is 19.8 Å². The van der Waals surface area contributed by atoms with Crippen LogP contribution in [-0.2, 0) is 6.42 Å². The van der Waals surface area contributed by atoms with Crippen LogP contribution in [0.2, 0.25) is 0 Å². The van der Waals surface area contributed by atoms with E-state index in [4.69, 9.17) is 0 Å². The van der Waals surface area contributed by atoms with Crippen LogP contribution in [0.15, 0.2) is 0 Å². The minimum atomic E-state index is -0.378. The fourth-order valence-corrected chi connectivity index (χ4v) is 3.15. The lowest BCUT2D eigenvalue weighted by Gasteiger charge is -2.21. The van der Waals surface area contributed by atoms with E-state index in [1.807, 2.05) is 13.8 Å². The number of aryl methyl sites for hydroxylation is 2. The van der Waals surface area contributed by atoms with Gasteiger partial charge in [-0.1, -0.05) is 0 Å². The molecule has 5 nitrogen and oxygen atoms in total. The topological polar surface area (TPSA) is 65.5 Å². The van der Waals surface area contributed by atoms with Gasteiger partial charge in [0.25, 0.3) is 0 Å². The van der Waals surface area contributed by atoms with Crippen molar-refractivity contribution in [1.29, 1.82) is 0 Å². The van der Waals surface area contributed by atoms with E-state index >= 15 is 0 Å². The summed E-state index contributed by atoms with van der Waals surface area (Å²) in [6.07, 6.45) is 2.60. The van der Waals surface area contributed by atoms with Crippen molar-refractivity contribution in [2.75, 3.05) is 20.1 Å². The van der Waals surface area contributed by atoms with Crippen LogP contribution in [0.3, 0.4) is 0 Å². The minimum absolute atomic E-state index is 0.122. The molecule has 0 bridgehead atoms. The number of aliphatic hydroxyl groups excluding tert-OH is 1. The number of nitrogens with one attached hydrogen (secondary N) is 1. The first-order valence-electron chi connectivity index (χ1n) is 7.07. The fraction of sp³-hybridized carbons (Fsp3) is 0.714. The number of rotatable bonds is 6. The van der Waals surface area contributed by atoms with E-state index in [9.17, 15) is 9.90 Å². The Kier molecular flexibility index (Phi) is 4.99. The second kappa shape index (κ2) is 6.54. The van der Waals surface area contributed by atoms with Crippen LogP contribution >= 0.6 is 11.3 Å². The van der Waals surface area contributed by atoms with Crippen LogP contribution in [0.1, 0.15) is 28.4 Å². The third kappa shape index (κ3) is 4.18. The van der Waals surface area contributed by atoms with Crippen molar-refractivity contribution < 1.29 is 9.90 Å². The third-order valence-corrected chi connectivity index (χ3v) is 4.73. The highest BCUT2D eigenvalue weighted by molar-refractivity contribution is 7.11. The van der Waals surface area contributed by atoms with Crippen LogP contribution in [-0.4, -0.2) is 47.3 Å². The first kappa shape index (κ1) is 15.3. The molecule has 1 aliphatic rings. The first-order valence-corrected chi connectivity index (χ1v) is 7.89. The summed E-state index contributed by atoms with van der Waals surface area (Å²) in [4.78, 5) is 19.1. The third-order valence-electron chi connectivity index (χ3n) is 3.60. The second-order valence-corrected chi connectivity index (χ2v) is 6.80. The molecule has 1 aliphatic carbocycles. The zero-order valence-electron chi connectivity index (χ0n) is 12.3. The van der Waals surface area contributed by atoms with Gasteiger partial charge in [0.2, 0.25) is 0 Å². The zero-order valence-corrected chi connectivity index (χ0v) is 13.2. The Bertz CT molecular complexity index is 471. The van der Waals surface area contributed by atoms with E-state index in [1.165, 1.54) is 4.88 Å². The van der Waals surface area contributed by atoms with Gasteiger partial charge in [0.1, 0.15) is 0 Å². The molecule has 6 heteroatoms. The number of urea groups is 1. The van der Waals surface area contributed by atoms with Crippen LogP contribution in [0.5, 0.6) is 0 Å². The number of aromatic nitrogens is 1. The van der Waals surface area contributed by atoms with E-state index in [2.05, 4.69) is 10.3 Å². The average molecular weight is 297 g/mol. The van der Waals surface area contributed by atoms with Gasteiger partial charge >= 0.3 is 6.03 Å². The normalized spacial score (nSPS) is 16.0. The fourth-order valence-electron chi connectivity index (χ4n) is 2.22. The van der Waals surface area contributed by atoms with E-state index in [1.54, 1.807) is 23.3 Å². The Balaban J connectivity index is 1.70. The number of nitrogens with zero attached hydrogens (tertiary/aromatic N) is 2. The van der Waals surface area contributed by atoms with E-state index < -0.39 is 0 Å². The summed E-state index contributed by atoms with van der Waals surface area (Å²) in [7, 11) is 1.73. The van der Waals surface area contributed by atoms with Gasteiger partial charge in [-0.3, -0.25) is 0 Å². The summed E-state index contributed by atoms with van der Waals surface area (Å²) < 4.78 is 0. The number of carbonyl (C=O) groups excluding carboxylic acids is 1. The maximum atomic E-state index is 11.9. The van der Waals surface area contributed by atoms with E-state index in [0.29, 0.717) is 19.0 Å². The van der Waals surface area contributed by atoms with Crippen molar-refractivity contribution in [1.82, 2.24) is 15.2 Å². The van der Waals surface area contributed by atoms with Crippen molar-refractivity contribution in [3.05, 3.63) is 15.6 Å². The van der Waals surface area contributed by atoms with E-state index in [-0.39, 0.29) is 12.1 Å². The molecule has 0 aromatic carbocycles. The van der Waals surface area contributed by atoms with Gasteiger partial charge in [0.05, 0.1) is 16.8 Å². The smallest absolute Gasteiger partial charge is 0.317 e. The molecule has 1 aromatic heterocycles. The molecule has 0 radical (unpaired) electrons. The highest BCUT2D eigenvalue weighted by Crippen LogP contribution is 2.32. The van der Waals surface area contributed by atoms with Gasteiger partial charge in [-0.05, 0) is 32.6 Å². The molecule has 1 unspecified atom stereocenters. The summed E-state index contributed by atoms with van der Waals surface area (Å²) in [5, 5.41) is 13.8. The number of hydrogen-bond donors (Lipinski definition) is 2. The summed E-state index contributed by atoms with van der Waals surface area (Å²) >= 11 is 1.68. The highest BCUT2D eigenvalue weighted by atomic mass is 32.1. The number of aliphatic hydroxyl groups is 1. The molecule has 0 saturated heterocycles. The Morgan fingerprint density at radius 3 is 2.80 bits per heavy atom. The monoisotopic (exact) mass is 297 g/mol. The molecule has 1 heterocycles. The quantitative estimate of drug-likeness (QED) is 0.840. The van der Waals surface area contributed by atoms with Crippen molar-refractivity contribution in [2.45, 2.75) is 39.2 Å². The van der Waals surface area contributed by atoms with Crippen LogP contribution < -0.4 is 5.32 Å². The van der Waals surface area contributed by atoms with Crippen molar-refractivity contribution >= 4 is 17.4 Å². The van der Waals surface area contributed by atoms with Gasteiger partial charge in [0, 0.05) is 31.4 Å². The second-order valence-electron chi connectivity index (χ2n) is 5.51. The molecule has 1 atom stereocenters. The molecule has 1 aromatic rings. The molecule has 112 valence electrons. The van der Waals surface area contributed by atoms with Gasteiger partial charge in [-0.25, -0.2) is 9.78 Å². The lowest BCUT2D eigenvalue weighted by atomic mass is 10.2. The molecule has 2 N–H and O–H groups in total. The van der Waals surface area contributed by atoms with Gasteiger partial charge in [-0.15, -0.1) is 11.3 Å². The molecular weight excluding hydrogens is 274 g/mol. The molecule has 2 amide bonds. The highest BCUT2D eigenvalue weighted by Gasteiger charge is 2.31. The van der Waals surface area contributed by atoms with Crippen molar-refractivity contribution in [3.63, 3.8) is 0 Å². The Morgan fingerprint density at radius 1 is 1.55 bits per heavy atom. The average Bonchev–Trinajstić information content (AvgIpc) is 3.16. The minimum Gasteiger partial charge on any atom is -0.391 e. The zero-order chi connectivity index (χ0) is 14.7. The summed E-state index contributed by atoms with van der Waals surface area (Å²) in [5.41, 5.74) is 1.05. The number of hydrogen-bond acceptors (Lipinski definition) is 4. The number of thiazole rings is 1. The number of amides is 2. The predicted octanol–water partition coefficient (Wildman–Crippen LogP) is 1.71. The largest absolute Gasteiger partial charge is 0.391 e. The van der Waals surface area contributed by atoms with Gasteiger partial charge in [0.15, 0.2) is 0 Å². The molecule has 20 heavy (non-hydrogen) atoms. The summed E-state index contributed by atoms with van der Waals surface area (Å²) in [6.45, 7) is 5.01. The summed E-state index contributed by atoms with van der Waals surface area (Å²) in [6, 6.07) is -0.122. The summed E-state index contributed by atoms with van der Waals surface area (Å²) in [5.74, 6) is 0.396. The standard InChI is InChI=1S/C14H23N3O2S/c1-9-13(20-10(2)16-9)6-7-15-14(19)17(3)8-12(18)11-4-5-11/h11-12,18H,4-8H2,1-3H3,(H,15,19). The number of carbonyl (C=O) groups is 1. The SMILES string of the molecule is Cc1nc(C)c(CCNC(=O)N(C)CC(O)C2CC2)s1. The van der Waals surface area contributed by atoms with Gasteiger partial charge in [-0.2, -0.15) is 0 Å². The maximum absolute atomic E-state index is 11.9. The first-order chi connectivity index (χ1) is 9.47. The van der Waals surface area contributed by atoms with Gasteiger partial charge < -0.3 is 15.3 Å². The van der Waals surface area contributed by atoms with E-state index in [0.717, 1.165) is 30.0 Å². The van der Waals surface area contributed by atoms with Crippen molar-refractivity contribution in [2.24, 2.45) is 5.92 Å². The maximum Gasteiger partial charge on any atom is 0.317 e. The number of likely N-dealkylation sites (N-methyl/N-ethyl adjacent to an activating group) is 1. The Hall–Kier alpha value is -1.14. The lowest BCUT2D eigenvalue weighted by molar-refractivity contribution is 0.113. The molecule has 1 fully saturated rings. The Labute approximate surface area is 124 Å². The molecule has 2 rings (SSSR count). The Morgan fingerprint density at radius 2 is 2.25 bits per heavy atom. The lowest BCUT2D eigenvalue weighted by Crippen LogP contribution is -2.42. The predicted molar refractivity (Wildman–Crippen MR) is 80.1 cm³/mol. The van der Waals surface area contributed by atoms with Crippen LogP contribution in [0.25, 0.3) is 0 Å². The van der Waals surface area contributed by atoms with Crippen molar-refractivity contribution in [3.8, 4) is 0 Å². The molecular formula is C14H23N3O2S. The molecule has 0 aliphatic heterocycles. The molecule has 1 saturated carbocycles. The molecule has 0 spiro atoms. The van der Waals surface area contributed by atoms with Crippen LogP contribution in [0.4, 0.5) is 4.79 Å².